The van der Waals surface area contributed by atoms with Gasteiger partial charge < -0.3 is 10.1 Å². The van der Waals surface area contributed by atoms with E-state index in [2.05, 4.69) is 35.5 Å². The zero-order valence-corrected chi connectivity index (χ0v) is 12.3. The minimum atomic E-state index is 0.271. The molecule has 0 saturated heterocycles. The molecule has 5 nitrogen and oxygen atoms in total. The fourth-order valence-electron chi connectivity index (χ4n) is 2.05. The number of para-hydroxylation sites is 1. The van der Waals surface area contributed by atoms with Gasteiger partial charge in [-0.2, -0.15) is 0 Å². The quantitative estimate of drug-likeness (QED) is 0.842. The fourth-order valence-corrected chi connectivity index (χ4v) is 2.05. The zero-order chi connectivity index (χ0) is 14.4. The molecule has 0 spiro atoms. The lowest BCUT2D eigenvalue weighted by atomic mass is 10.1. The molecular formula is C15H22N4O. The minimum Gasteiger partial charge on any atom is -0.487 e. The molecule has 0 aliphatic heterocycles. The third-order valence-corrected chi connectivity index (χ3v) is 3.11. The van der Waals surface area contributed by atoms with Gasteiger partial charge in [-0.05, 0) is 26.0 Å². The van der Waals surface area contributed by atoms with Crippen molar-refractivity contribution < 1.29 is 4.74 Å². The molecule has 0 saturated carbocycles. The van der Waals surface area contributed by atoms with Crippen LogP contribution in [0.2, 0.25) is 0 Å². The molecule has 2 rings (SSSR count). The van der Waals surface area contributed by atoms with Crippen LogP contribution in [0, 0.1) is 0 Å². The van der Waals surface area contributed by atoms with E-state index >= 15 is 0 Å². The van der Waals surface area contributed by atoms with Crippen molar-refractivity contribution in [2.45, 2.75) is 32.9 Å². The van der Waals surface area contributed by atoms with Crippen LogP contribution < -0.4 is 10.1 Å². The predicted molar refractivity (Wildman–Crippen MR) is 78.5 cm³/mol. The highest BCUT2D eigenvalue weighted by molar-refractivity contribution is 5.35. The maximum Gasteiger partial charge on any atom is 0.134 e. The molecule has 1 aromatic carbocycles. The second kappa shape index (κ2) is 7.05. The van der Waals surface area contributed by atoms with Crippen LogP contribution in [-0.2, 0) is 13.7 Å². The van der Waals surface area contributed by atoms with Gasteiger partial charge in [-0.15, -0.1) is 5.10 Å². The minimum absolute atomic E-state index is 0.271. The van der Waals surface area contributed by atoms with Gasteiger partial charge in [-0.1, -0.05) is 30.3 Å². The molecular weight excluding hydrogens is 252 g/mol. The first-order valence-electron chi connectivity index (χ1n) is 7.01. The van der Waals surface area contributed by atoms with Gasteiger partial charge in [0.25, 0.3) is 0 Å². The van der Waals surface area contributed by atoms with Crippen molar-refractivity contribution in [2.75, 3.05) is 6.54 Å². The maximum atomic E-state index is 5.88. The summed E-state index contributed by atoms with van der Waals surface area (Å²) in [4.78, 5) is 0. The van der Waals surface area contributed by atoms with Crippen LogP contribution in [0.4, 0.5) is 0 Å². The number of rotatable bonds is 7. The second-order valence-corrected chi connectivity index (χ2v) is 4.89. The van der Waals surface area contributed by atoms with Gasteiger partial charge >= 0.3 is 0 Å². The number of hydrogen-bond donors (Lipinski definition) is 1. The lowest BCUT2D eigenvalue weighted by Gasteiger charge is -2.17. The molecule has 108 valence electrons. The van der Waals surface area contributed by atoms with Crippen LogP contribution in [0.1, 0.15) is 37.6 Å². The second-order valence-electron chi connectivity index (χ2n) is 4.89. The monoisotopic (exact) mass is 274 g/mol. The average molecular weight is 274 g/mol. The van der Waals surface area contributed by atoms with E-state index in [0.29, 0.717) is 6.61 Å². The molecule has 0 aliphatic rings. The Morgan fingerprint density at radius 3 is 2.85 bits per heavy atom. The Hall–Kier alpha value is -1.88. The van der Waals surface area contributed by atoms with Crippen molar-refractivity contribution in [3.8, 4) is 5.75 Å². The lowest BCUT2D eigenvalue weighted by molar-refractivity contribution is 0.295. The van der Waals surface area contributed by atoms with Crippen molar-refractivity contribution in [1.29, 1.82) is 0 Å². The molecule has 20 heavy (non-hydrogen) atoms. The molecule has 0 amide bonds. The first-order chi connectivity index (χ1) is 9.70. The number of benzene rings is 1. The Morgan fingerprint density at radius 2 is 2.15 bits per heavy atom. The number of ether oxygens (including phenoxy) is 1. The zero-order valence-electron chi connectivity index (χ0n) is 12.3. The van der Waals surface area contributed by atoms with E-state index in [1.807, 2.05) is 31.4 Å². The summed E-state index contributed by atoms with van der Waals surface area (Å²) in [7, 11) is 1.85. The molecule has 1 atom stereocenters. The highest BCUT2D eigenvalue weighted by Crippen LogP contribution is 2.25. The number of aryl methyl sites for hydroxylation is 1. The molecule has 1 aromatic heterocycles. The van der Waals surface area contributed by atoms with E-state index in [-0.39, 0.29) is 6.04 Å². The summed E-state index contributed by atoms with van der Waals surface area (Å²) in [6, 6.07) is 8.39. The van der Waals surface area contributed by atoms with Crippen LogP contribution in [0.25, 0.3) is 0 Å². The SMILES string of the molecule is CCCNC(C)c1ccccc1OCc1cn(C)nn1. The molecule has 1 unspecified atom stereocenters. The van der Waals surface area contributed by atoms with Crippen LogP contribution in [0.15, 0.2) is 30.5 Å². The third-order valence-electron chi connectivity index (χ3n) is 3.11. The van der Waals surface area contributed by atoms with Crippen molar-refractivity contribution in [2.24, 2.45) is 7.05 Å². The van der Waals surface area contributed by atoms with Crippen molar-refractivity contribution in [3.63, 3.8) is 0 Å². The third kappa shape index (κ3) is 3.81. The van der Waals surface area contributed by atoms with E-state index in [0.717, 1.165) is 24.4 Å². The molecule has 0 radical (unpaired) electrons. The first kappa shape index (κ1) is 14.5. The summed E-state index contributed by atoms with van der Waals surface area (Å²) in [5, 5.41) is 11.4. The number of aromatic nitrogens is 3. The molecule has 1 heterocycles. The summed E-state index contributed by atoms with van der Waals surface area (Å²) in [6.07, 6.45) is 2.98. The summed E-state index contributed by atoms with van der Waals surface area (Å²) in [5.41, 5.74) is 2.00. The van der Waals surface area contributed by atoms with Crippen molar-refractivity contribution in [3.05, 3.63) is 41.7 Å². The Labute approximate surface area is 120 Å². The van der Waals surface area contributed by atoms with Gasteiger partial charge in [0.15, 0.2) is 0 Å². The van der Waals surface area contributed by atoms with Crippen LogP contribution in [0.3, 0.4) is 0 Å². The largest absolute Gasteiger partial charge is 0.487 e. The van der Waals surface area contributed by atoms with Gasteiger partial charge in [0.1, 0.15) is 18.1 Å². The molecule has 5 heteroatoms. The summed E-state index contributed by atoms with van der Waals surface area (Å²) in [6.45, 7) is 5.75. The Bertz CT molecular complexity index is 538. The van der Waals surface area contributed by atoms with Crippen molar-refractivity contribution >= 4 is 0 Å². The Balaban J connectivity index is 2.03. The number of nitrogens with zero attached hydrogens (tertiary/aromatic N) is 3. The van der Waals surface area contributed by atoms with E-state index in [9.17, 15) is 0 Å². The molecule has 2 aromatic rings. The van der Waals surface area contributed by atoms with Crippen molar-refractivity contribution in [1.82, 2.24) is 20.3 Å². The summed E-state index contributed by atoms with van der Waals surface area (Å²) in [5.74, 6) is 0.897. The van der Waals surface area contributed by atoms with Gasteiger partial charge in [0.05, 0.1) is 6.20 Å². The van der Waals surface area contributed by atoms with Crippen LogP contribution in [-0.4, -0.2) is 21.5 Å². The van der Waals surface area contributed by atoms with Gasteiger partial charge in [0, 0.05) is 18.7 Å². The maximum absolute atomic E-state index is 5.88. The summed E-state index contributed by atoms with van der Waals surface area (Å²) >= 11 is 0. The van der Waals surface area contributed by atoms with E-state index in [1.165, 1.54) is 5.56 Å². The molecule has 0 aliphatic carbocycles. The highest BCUT2D eigenvalue weighted by Gasteiger charge is 2.11. The molecule has 0 fully saturated rings. The molecule has 0 bridgehead atoms. The average Bonchev–Trinajstić information content (AvgIpc) is 2.88. The topological polar surface area (TPSA) is 52.0 Å². The smallest absolute Gasteiger partial charge is 0.134 e. The van der Waals surface area contributed by atoms with Gasteiger partial charge in [0.2, 0.25) is 0 Å². The number of hydrogen-bond acceptors (Lipinski definition) is 4. The highest BCUT2D eigenvalue weighted by atomic mass is 16.5. The first-order valence-corrected chi connectivity index (χ1v) is 7.01. The predicted octanol–water partition coefficient (Wildman–Crippen LogP) is 2.45. The van der Waals surface area contributed by atoms with Crippen LogP contribution in [0.5, 0.6) is 5.75 Å². The lowest BCUT2D eigenvalue weighted by Crippen LogP contribution is -2.20. The number of nitrogens with one attached hydrogen (secondary N) is 1. The normalized spacial score (nSPS) is 12.3. The molecule has 1 N–H and O–H groups in total. The Morgan fingerprint density at radius 1 is 1.35 bits per heavy atom. The van der Waals surface area contributed by atoms with E-state index in [4.69, 9.17) is 4.74 Å². The fraction of sp³-hybridized carbons (Fsp3) is 0.467. The standard InChI is InChI=1S/C15H22N4O/c1-4-9-16-12(2)14-7-5-6-8-15(14)20-11-13-10-19(3)18-17-13/h5-8,10,12,16H,4,9,11H2,1-3H3. The Kier molecular flexibility index (Phi) is 5.12. The summed E-state index contributed by atoms with van der Waals surface area (Å²) < 4.78 is 7.56. The van der Waals surface area contributed by atoms with Gasteiger partial charge in [-0.3, -0.25) is 4.68 Å². The van der Waals surface area contributed by atoms with Gasteiger partial charge in [-0.25, -0.2) is 0 Å². The van der Waals surface area contributed by atoms with Crippen LogP contribution >= 0.6 is 0 Å². The van der Waals surface area contributed by atoms with E-state index in [1.54, 1.807) is 4.68 Å². The van der Waals surface area contributed by atoms with E-state index < -0.39 is 0 Å².